The van der Waals surface area contributed by atoms with Crippen molar-refractivity contribution in [3.8, 4) is 10.4 Å². The van der Waals surface area contributed by atoms with Gasteiger partial charge in [0.15, 0.2) is 11.2 Å². The van der Waals surface area contributed by atoms with Gasteiger partial charge in [-0.3, -0.25) is 19.4 Å². The third-order valence-corrected chi connectivity index (χ3v) is 8.84. The number of aromatic nitrogens is 1. The Hall–Kier alpha value is -5.34. The summed E-state index contributed by atoms with van der Waals surface area (Å²) in [6.07, 6.45) is 6.00. The quantitative estimate of drug-likeness (QED) is 0.148. The largest absolute Gasteiger partial charge is 0.451 e. The number of hydrogen-bond acceptors (Lipinski definition) is 6. The number of amides is 2. The molecule has 6 aromatic rings. The Morgan fingerprint density at radius 3 is 2.33 bits per heavy atom. The molecule has 0 aliphatic heterocycles. The number of fused-ring (bicyclic) bond motifs is 1. The van der Waals surface area contributed by atoms with Crippen molar-refractivity contribution in [2.75, 3.05) is 10.6 Å². The standard InChI is InChI=1S/C38H33N3O4S/c1-24-18-31(32(19-25(24)2)41-38(44)35-21-33(42)30-12-5-6-13-34(30)45-35)37(43)40-29-16-14-26(15-17-29)8-3-4-9-27-10-7-11-28(20-27)36-22-39-23-46-36/h5-7,10-23H,3-4,8-9H2,1-2H3,(H,40,43)(H,41,44). The van der Waals surface area contributed by atoms with Gasteiger partial charge in [0.05, 0.1) is 27.0 Å². The van der Waals surface area contributed by atoms with E-state index in [2.05, 4.69) is 39.9 Å². The lowest BCUT2D eigenvalue weighted by molar-refractivity contribution is 0.0997. The van der Waals surface area contributed by atoms with Crippen LogP contribution in [0.5, 0.6) is 0 Å². The van der Waals surface area contributed by atoms with E-state index in [1.807, 2.05) is 49.8 Å². The Morgan fingerprint density at radius 2 is 1.54 bits per heavy atom. The van der Waals surface area contributed by atoms with Crippen molar-refractivity contribution in [3.05, 3.63) is 147 Å². The molecule has 0 spiro atoms. The minimum atomic E-state index is -0.614. The van der Waals surface area contributed by atoms with Crippen molar-refractivity contribution in [1.29, 1.82) is 0 Å². The van der Waals surface area contributed by atoms with E-state index in [-0.39, 0.29) is 17.1 Å². The van der Waals surface area contributed by atoms with Crippen LogP contribution in [0, 0.1) is 13.8 Å². The molecule has 0 bridgehead atoms. The van der Waals surface area contributed by atoms with Crippen molar-refractivity contribution < 1.29 is 14.0 Å². The van der Waals surface area contributed by atoms with E-state index < -0.39 is 5.91 Å². The highest BCUT2D eigenvalue weighted by Gasteiger charge is 2.19. The van der Waals surface area contributed by atoms with Crippen molar-refractivity contribution in [3.63, 3.8) is 0 Å². The van der Waals surface area contributed by atoms with E-state index in [0.717, 1.165) is 36.8 Å². The topological polar surface area (TPSA) is 101 Å². The normalized spacial score (nSPS) is 11.0. The van der Waals surface area contributed by atoms with E-state index in [4.69, 9.17) is 4.42 Å². The van der Waals surface area contributed by atoms with E-state index in [1.54, 1.807) is 47.7 Å². The molecule has 0 atom stereocenters. The number of anilines is 2. The summed E-state index contributed by atoms with van der Waals surface area (Å²) in [5.74, 6) is -1.10. The Labute approximate surface area is 271 Å². The molecule has 2 amide bonds. The summed E-state index contributed by atoms with van der Waals surface area (Å²) in [6, 6.07) is 27.9. The van der Waals surface area contributed by atoms with Gasteiger partial charge < -0.3 is 15.1 Å². The fourth-order valence-corrected chi connectivity index (χ4v) is 5.98. The van der Waals surface area contributed by atoms with Gasteiger partial charge in [0.2, 0.25) is 0 Å². The first-order valence-electron chi connectivity index (χ1n) is 15.2. The lowest BCUT2D eigenvalue weighted by Gasteiger charge is -2.14. The van der Waals surface area contributed by atoms with Crippen LogP contribution in [0.4, 0.5) is 11.4 Å². The van der Waals surface area contributed by atoms with E-state index in [9.17, 15) is 14.4 Å². The van der Waals surface area contributed by atoms with E-state index >= 15 is 0 Å². The summed E-state index contributed by atoms with van der Waals surface area (Å²) >= 11 is 1.65. The first-order chi connectivity index (χ1) is 22.3. The Kier molecular flexibility index (Phi) is 9.17. The number of carbonyl (C=O) groups is 2. The van der Waals surface area contributed by atoms with Crippen LogP contribution in [-0.4, -0.2) is 16.8 Å². The molecule has 0 aliphatic rings. The van der Waals surface area contributed by atoms with Crippen LogP contribution in [-0.2, 0) is 12.8 Å². The second-order valence-corrected chi connectivity index (χ2v) is 12.2. The van der Waals surface area contributed by atoms with Crippen LogP contribution in [0.1, 0.15) is 56.0 Å². The zero-order chi connectivity index (χ0) is 32.0. The van der Waals surface area contributed by atoms with E-state index in [1.165, 1.54) is 27.6 Å². The number of thiazole rings is 1. The summed E-state index contributed by atoms with van der Waals surface area (Å²) in [5, 5.41) is 6.13. The minimum absolute atomic E-state index is 0.131. The monoisotopic (exact) mass is 627 g/mol. The van der Waals surface area contributed by atoms with Crippen LogP contribution in [0.2, 0.25) is 0 Å². The van der Waals surface area contributed by atoms with Crippen molar-refractivity contribution >= 4 is 45.5 Å². The van der Waals surface area contributed by atoms with Crippen LogP contribution in [0.15, 0.2) is 112 Å². The molecule has 0 unspecified atom stereocenters. The predicted molar refractivity (Wildman–Crippen MR) is 185 cm³/mol. The molecule has 2 aromatic heterocycles. The fraction of sp³-hybridized carbons (Fsp3) is 0.158. The molecule has 0 radical (unpaired) electrons. The highest BCUT2D eigenvalue weighted by molar-refractivity contribution is 7.13. The molecule has 230 valence electrons. The molecule has 46 heavy (non-hydrogen) atoms. The zero-order valence-corrected chi connectivity index (χ0v) is 26.4. The third kappa shape index (κ3) is 7.14. The predicted octanol–water partition coefficient (Wildman–Crippen LogP) is 8.60. The van der Waals surface area contributed by atoms with Gasteiger partial charge in [-0.1, -0.05) is 48.5 Å². The van der Waals surface area contributed by atoms with Crippen LogP contribution in [0.3, 0.4) is 0 Å². The summed E-state index contributed by atoms with van der Waals surface area (Å²) in [7, 11) is 0. The lowest BCUT2D eigenvalue weighted by atomic mass is 10.0. The molecule has 0 fully saturated rings. The molecule has 4 aromatic carbocycles. The zero-order valence-electron chi connectivity index (χ0n) is 25.6. The summed E-state index contributed by atoms with van der Waals surface area (Å²) < 4.78 is 5.70. The lowest BCUT2D eigenvalue weighted by Crippen LogP contribution is -2.20. The minimum Gasteiger partial charge on any atom is -0.451 e. The summed E-state index contributed by atoms with van der Waals surface area (Å²) in [5.41, 5.74) is 8.71. The van der Waals surface area contributed by atoms with Gasteiger partial charge >= 0.3 is 0 Å². The van der Waals surface area contributed by atoms with Crippen molar-refractivity contribution in [1.82, 2.24) is 4.98 Å². The highest BCUT2D eigenvalue weighted by Crippen LogP contribution is 2.26. The fourth-order valence-electron chi connectivity index (χ4n) is 5.36. The summed E-state index contributed by atoms with van der Waals surface area (Å²) in [6.45, 7) is 3.81. The van der Waals surface area contributed by atoms with Gasteiger partial charge in [-0.05, 0) is 104 Å². The molecule has 0 aliphatic carbocycles. The molecule has 2 N–H and O–H groups in total. The first kappa shape index (κ1) is 30.7. The second-order valence-electron chi connectivity index (χ2n) is 11.3. The van der Waals surface area contributed by atoms with Gasteiger partial charge in [0.1, 0.15) is 5.58 Å². The van der Waals surface area contributed by atoms with Gasteiger partial charge in [0, 0.05) is 18.0 Å². The van der Waals surface area contributed by atoms with Crippen LogP contribution >= 0.6 is 11.3 Å². The van der Waals surface area contributed by atoms with Crippen molar-refractivity contribution in [2.45, 2.75) is 39.5 Å². The van der Waals surface area contributed by atoms with E-state index in [0.29, 0.717) is 27.9 Å². The number of aryl methyl sites for hydroxylation is 4. The summed E-state index contributed by atoms with van der Waals surface area (Å²) in [4.78, 5) is 44.5. The number of benzene rings is 4. The Bertz CT molecular complexity index is 2080. The first-order valence-corrected chi connectivity index (χ1v) is 16.1. The maximum absolute atomic E-state index is 13.4. The molecule has 0 saturated heterocycles. The number of unbranched alkanes of at least 4 members (excludes halogenated alkanes) is 1. The number of nitrogens with one attached hydrogen (secondary N) is 2. The SMILES string of the molecule is Cc1cc(NC(=O)c2cc(=O)c3ccccc3o2)c(C(=O)Nc2ccc(CCCCc3cccc(-c4cncs4)c3)cc2)cc1C. The molecular formula is C38H33N3O4S. The number of nitrogens with zero attached hydrogens (tertiary/aromatic N) is 1. The second kappa shape index (κ2) is 13.7. The molecule has 2 heterocycles. The number of rotatable bonds is 10. The smallest absolute Gasteiger partial charge is 0.291 e. The third-order valence-electron chi connectivity index (χ3n) is 8.02. The maximum Gasteiger partial charge on any atom is 0.291 e. The molecule has 0 saturated carbocycles. The van der Waals surface area contributed by atoms with Crippen LogP contribution in [0.25, 0.3) is 21.4 Å². The number of carbonyl (C=O) groups excluding carboxylic acids is 2. The van der Waals surface area contributed by atoms with Gasteiger partial charge in [-0.2, -0.15) is 0 Å². The Morgan fingerprint density at radius 1 is 0.783 bits per heavy atom. The Balaban J connectivity index is 1.07. The van der Waals surface area contributed by atoms with Gasteiger partial charge in [0.25, 0.3) is 11.8 Å². The molecular weight excluding hydrogens is 595 g/mol. The van der Waals surface area contributed by atoms with Gasteiger partial charge in [-0.25, -0.2) is 0 Å². The maximum atomic E-state index is 13.4. The average Bonchev–Trinajstić information content (AvgIpc) is 3.61. The van der Waals surface area contributed by atoms with Gasteiger partial charge in [-0.15, -0.1) is 11.3 Å². The molecule has 8 heteroatoms. The molecule has 7 nitrogen and oxygen atoms in total. The number of para-hydroxylation sites is 1. The van der Waals surface area contributed by atoms with Crippen LogP contribution < -0.4 is 16.1 Å². The average molecular weight is 628 g/mol. The highest BCUT2D eigenvalue weighted by atomic mass is 32.1. The number of hydrogen-bond donors (Lipinski definition) is 2. The molecule has 6 rings (SSSR count). The van der Waals surface area contributed by atoms with Crippen molar-refractivity contribution in [2.24, 2.45) is 0 Å².